The molecule has 3 rings (SSSR count). The van der Waals surface area contributed by atoms with Gasteiger partial charge in [-0.2, -0.15) is 5.26 Å². The minimum atomic E-state index is 0.0476. The zero-order valence-electron chi connectivity index (χ0n) is 10.7. The second-order valence-corrected chi connectivity index (χ2v) is 4.59. The van der Waals surface area contributed by atoms with E-state index in [1.54, 1.807) is 6.20 Å². The van der Waals surface area contributed by atoms with Crippen molar-refractivity contribution in [1.29, 1.82) is 5.26 Å². The molecule has 1 aromatic heterocycles. The fourth-order valence-electron chi connectivity index (χ4n) is 2.38. The van der Waals surface area contributed by atoms with E-state index in [0.29, 0.717) is 5.56 Å². The molecule has 0 atom stereocenters. The summed E-state index contributed by atoms with van der Waals surface area (Å²) in [6, 6.07) is 7.92. The molecule has 1 aliphatic rings. The third-order valence-corrected chi connectivity index (χ3v) is 3.39. The smallest absolute Gasteiger partial charge is 0.132 e. The van der Waals surface area contributed by atoms with Gasteiger partial charge in [0.2, 0.25) is 0 Å². The molecule has 2 aromatic rings. The first-order valence-corrected chi connectivity index (χ1v) is 6.31. The molecule has 1 saturated heterocycles. The van der Waals surface area contributed by atoms with Crippen molar-refractivity contribution < 1.29 is 0 Å². The molecule has 3 N–H and O–H groups in total. The van der Waals surface area contributed by atoms with E-state index in [1.165, 1.54) is 0 Å². The first-order valence-electron chi connectivity index (χ1n) is 6.31. The predicted molar refractivity (Wildman–Crippen MR) is 74.6 cm³/mol. The van der Waals surface area contributed by atoms with Crippen molar-refractivity contribution >= 4 is 16.6 Å². The Bertz CT molecular complexity index is 653. The number of fused-ring (bicyclic) bond motifs is 1. The molecule has 0 aliphatic carbocycles. The molecule has 0 unspecified atom stereocenters. The fourth-order valence-corrected chi connectivity index (χ4v) is 2.38. The van der Waals surface area contributed by atoms with E-state index in [2.05, 4.69) is 27.0 Å². The van der Waals surface area contributed by atoms with Crippen LogP contribution < -0.4 is 16.0 Å². The number of nitrogens with one attached hydrogen (secondary N) is 3. The topological polar surface area (TPSA) is 72.8 Å². The summed E-state index contributed by atoms with van der Waals surface area (Å²) in [5.41, 5.74) is 3.52. The van der Waals surface area contributed by atoms with Gasteiger partial charge in [0, 0.05) is 30.4 Å². The lowest BCUT2D eigenvalue weighted by Gasteiger charge is -2.18. The van der Waals surface area contributed by atoms with Crippen molar-refractivity contribution in [2.45, 2.75) is 13.2 Å². The van der Waals surface area contributed by atoms with Crippen LogP contribution in [0.3, 0.4) is 0 Å². The van der Waals surface area contributed by atoms with Gasteiger partial charge >= 0.3 is 0 Å². The highest BCUT2D eigenvalue weighted by atomic mass is 15.3. The van der Waals surface area contributed by atoms with Crippen molar-refractivity contribution in [3.8, 4) is 6.07 Å². The highest BCUT2D eigenvalue weighted by Gasteiger charge is 2.15. The van der Waals surface area contributed by atoms with E-state index in [-0.39, 0.29) is 6.29 Å². The van der Waals surface area contributed by atoms with Gasteiger partial charge in [0.1, 0.15) is 6.29 Å². The molecule has 5 heteroatoms. The molecule has 0 radical (unpaired) electrons. The summed E-state index contributed by atoms with van der Waals surface area (Å²) < 4.78 is 0. The van der Waals surface area contributed by atoms with E-state index in [0.717, 1.165) is 35.2 Å². The van der Waals surface area contributed by atoms with Gasteiger partial charge in [-0.3, -0.25) is 15.6 Å². The molecule has 0 spiro atoms. The zero-order valence-corrected chi connectivity index (χ0v) is 10.7. The minimum Gasteiger partial charge on any atom is -0.357 e. The Balaban J connectivity index is 2.09. The number of benzene rings is 1. The van der Waals surface area contributed by atoms with Crippen LogP contribution >= 0.6 is 0 Å². The second-order valence-electron chi connectivity index (χ2n) is 4.59. The number of hydrogen-bond acceptors (Lipinski definition) is 5. The Morgan fingerprint density at radius 3 is 2.95 bits per heavy atom. The normalized spacial score (nSPS) is 15.6. The maximum absolute atomic E-state index is 9.28. The largest absolute Gasteiger partial charge is 0.357 e. The maximum atomic E-state index is 9.28. The Morgan fingerprint density at radius 1 is 1.42 bits per heavy atom. The minimum absolute atomic E-state index is 0.0476. The number of hydrogen-bond donors (Lipinski definition) is 3. The summed E-state index contributed by atoms with van der Waals surface area (Å²) in [5, 5.41) is 20.1. The molecule has 5 nitrogen and oxygen atoms in total. The zero-order chi connectivity index (χ0) is 13.2. The lowest BCUT2D eigenvalue weighted by Crippen LogP contribution is -2.39. The van der Waals surface area contributed by atoms with Crippen LogP contribution in [0.15, 0.2) is 24.4 Å². The van der Waals surface area contributed by atoms with Gasteiger partial charge in [-0.15, -0.1) is 0 Å². The molecule has 1 aliphatic heterocycles. The van der Waals surface area contributed by atoms with Gasteiger partial charge in [-0.1, -0.05) is 0 Å². The molecule has 0 bridgehead atoms. The Kier molecular flexibility index (Phi) is 3.03. The van der Waals surface area contributed by atoms with Crippen LogP contribution in [-0.2, 0) is 0 Å². The number of nitriles is 1. The van der Waals surface area contributed by atoms with Crippen molar-refractivity contribution in [3.63, 3.8) is 0 Å². The van der Waals surface area contributed by atoms with Crippen LogP contribution in [0.25, 0.3) is 10.9 Å². The number of nitrogens with zero attached hydrogens (tertiary/aromatic N) is 2. The highest BCUT2D eigenvalue weighted by Crippen LogP contribution is 2.27. The third-order valence-electron chi connectivity index (χ3n) is 3.39. The van der Waals surface area contributed by atoms with Crippen molar-refractivity contribution in [3.05, 3.63) is 35.5 Å². The monoisotopic (exact) mass is 253 g/mol. The number of rotatable bonds is 2. The second kappa shape index (κ2) is 4.84. The predicted octanol–water partition coefficient (Wildman–Crippen LogP) is 1.30. The van der Waals surface area contributed by atoms with E-state index in [1.807, 2.05) is 25.1 Å². The van der Waals surface area contributed by atoms with E-state index in [9.17, 15) is 5.26 Å². The summed E-state index contributed by atoms with van der Waals surface area (Å²) in [7, 11) is 0. The third kappa shape index (κ3) is 2.12. The average Bonchev–Trinajstić information content (AvgIpc) is 2.95. The van der Waals surface area contributed by atoms with Crippen LogP contribution in [-0.4, -0.2) is 24.4 Å². The Hall–Kier alpha value is -2.16. The van der Waals surface area contributed by atoms with Gasteiger partial charge in [-0.25, -0.2) is 0 Å². The molecular weight excluding hydrogens is 238 g/mol. The van der Waals surface area contributed by atoms with Crippen molar-refractivity contribution in [2.75, 3.05) is 18.4 Å². The first kappa shape index (κ1) is 11.9. The van der Waals surface area contributed by atoms with Gasteiger partial charge < -0.3 is 5.32 Å². The standard InChI is InChI=1S/C14H15N5/c1-9-12(19-14-17-5-6-18-14)7-10(8-15)11-3-2-4-16-13(9)11/h2-4,7,14,17-19H,5-6H2,1H3. The first-order chi connectivity index (χ1) is 9.29. The summed E-state index contributed by atoms with van der Waals surface area (Å²) in [6.45, 7) is 3.90. The quantitative estimate of drug-likeness (QED) is 0.752. The van der Waals surface area contributed by atoms with Crippen LogP contribution in [0.2, 0.25) is 0 Å². The van der Waals surface area contributed by atoms with E-state index in [4.69, 9.17) is 0 Å². The van der Waals surface area contributed by atoms with Crippen LogP contribution in [0.5, 0.6) is 0 Å². The summed E-state index contributed by atoms with van der Waals surface area (Å²) in [4.78, 5) is 4.39. The van der Waals surface area contributed by atoms with Crippen molar-refractivity contribution in [1.82, 2.24) is 15.6 Å². The number of anilines is 1. The lowest BCUT2D eigenvalue weighted by atomic mass is 10.0. The van der Waals surface area contributed by atoms with E-state index < -0.39 is 0 Å². The highest BCUT2D eigenvalue weighted by molar-refractivity contribution is 5.91. The van der Waals surface area contributed by atoms with E-state index >= 15 is 0 Å². The van der Waals surface area contributed by atoms with Crippen LogP contribution in [0.1, 0.15) is 11.1 Å². The molecule has 96 valence electrons. The number of aryl methyl sites for hydroxylation is 1. The van der Waals surface area contributed by atoms with Crippen LogP contribution in [0, 0.1) is 18.3 Å². The van der Waals surface area contributed by atoms with Crippen molar-refractivity contribution in [2.24, 2.45) is 0 Å². The summed E-state index contributed by atoms with van der Waals surface area (Å²) in [5.74, 6) is 0. The molecule has 1 fully saturated rings. The average molecular weight is 253 g/mol. The van der Waals surface area contributed by atoms with Gasteiger partial charge in [-0.05, 0) is 30.7 Å². The maximum Gasteiger partial charge on any atom is 0.132 e. The molecular formula is C14H15N5. The summed E-state index contributed by atoms with van der Waals surface area (Å²) >= 11 is 0. The van der Waals surface area contributed by atoms with Gasteiger partial charge in [0.25, 0.3) is 0 Å². The summed E-state index contributed by atoms with van der Waals surface area (Å²) in [6.07, 6.45) is 1.80. The van der Waals surface area contributed by atoms with Gasteiger partial charge in [0.15, 0.2) is 0 Å². The Labute approximate surface area is 111 Å². The molecule has 2 heterocycles. The fraction of sp³-hybridized carbons (Fsp3) is 0.286. The van der Waals surface area contributed by atoms with Gasteiger partial charge in [0.05, 0.1) is 17.1 Å². The molecule has 19 heavy (non-hydrogen) atoms. The number of aromatic nitrogens is 1. The molecule has 0 amide bonds. The molecule has 1 aromatic carbocycles. The molecule has 0 saturated carbocycles. The number of pyridine rings is 1. The SMILES string of the molecule is Cc1c(NC2NCCN2)cc(C#N)c2cccnc12. The van der Waals surface area contributed by atoms with Crippen LogP contribution in [0.4, 0.5) is 5.69 Å². The Morgan fingerprint density at radius 2 is 2.21 bits per heavy atom. The lowest BCUT2D eigenvalue weighted by molar-refractivity contribution is 0.620.